The normalized spacial score (nSPS) is 17.6. The van der Waals surface area contributed by atoms with E-state index in [1.807, 2.05) is 19.1 Å². The van der Waals surface area contributed by atoms with Gasteiger partial charge in [-0.1, -0.05) is 18.2 Å². The number of ether oxygens (including phenoxy) is 1. The van der Waals surface area contributed by atoms with Crippen LogP contribution < -0.4 is 5.32 Å². The molecule has 4 nitrogen and oxygen atoms in total. The molecule has 0 spiro atoms. The van der Waals surface area contributed by atoms with Crippen LogP contribution in [0.15, 0.2) is 30.4 Å². The summed E-state index contributed by atoms with van der Waals surface area (Å²) in [6.45, 7) is 1.90. The maximum absolute atomic E-state index is 12.2. The standard InChI is InChI=1S/C16H19NO3/c1-11-8-9-13(16(19)20-2)10-14(11)17-15(18)12-6-4-3-5-7-12/h3-4,8-10,12H,5-7H2,1-2H3,(H,17,18)/t12-/m0/s1. The fourth-order valence-electron chi connectivity index (χ4n) is 2.27. The molecule has 4 heteroatoms. The number of allylic oxidation sites excluding steroid dienone is 2. The lowest BCUT2D eigenvalue weighted by Crippen LogP contribution is -2.24. The minimum atomic E-state index is -0.402. The number of methoxy groups -OCH3 is 1. The molecule has 0 bridgehead atoms. The Balaban J connectivity index is 2.13. The number of aryl methyl sites for hydroxylation is 1. The van der Waals surface area contributed by atoms with Gasteiger partial charge in [-0.15, -0.1) is 0 Å². The average molecular weight is 273 g/mol. The van der Waals surface area contributed by atoms with Gasteiger partial charge in [0, 0.05) is 11.6 Å². The van der Waals surface area contributed by atoms with Crippen molar-refractivity contribution >= 4 is 17.6 Å². The number of hydrogen-bond donors (Lipinski definition) is 1. The summed E-state index contributed by atoms with van der Waals surface area (Å²) in [7, 11) is 1.34. The molecule has 1 N–H and O–H groups in total. The fraction of sp³-hybridized carbons (Fsp3) is 0.375. The number of nitrogens with one attached hydrogen (secondary N) is 1. The largest absolute Gasteiger partial charge is 0.465 e. The first-order chi connectivity index (χ1) is 9.61. The third-order valence-electron chi connectivity index (χ3n) is 3.56. The Morgan fingerprint density at radius 2 is 2.10 bits per heavy atom. The second-order valence-corrected chi connectivity index (χ2v) is 4.99. The molecule has 0 aliphatic heterocycles. The van der Waals surface area contributed by atoms with Crippen molar-refractivity contribution in [2.75, 3.05) is 12.4 Å². The molecule has 1 aliphatic rings. The number of rotatable bonds is 3. The summed E-state index contributed by atoms with van der Waals surface area (Å²) in [4.78, 5) is 23.7. The van der Waals surface area contributed by atoms with Gasteiger partial charge in [-0.05, 0) is 43.9 Å². The van der Waals surface area contributed by atoms with Crippen molar-refractivity contribution in [1.82, 2.24) is 0 Å². The molecule has 0 fully saturated rings. The van der Waals surface area contributed by atoms with Crippen LogP contribution in [0.5, 0.6) is 0 Å². The molecule has 0 saturated carbocycles. The van der Waals surface area contributed by atoms with Gasteiger partial charge in [0.25, 0.3) is 0 Å². The molecule has 0 unspecified atom stereocenters. The van der Waals surface area contributed by atoms with Crippen LogP contribution in [0, 0.1) is 12.8 Å². The van der Waals surface area contributed by atoms with Gasteiger partial charge in [-0.3, -0.25) is 4.79 Å². The van der Waals surface area contributed by atoms with Crippen LogP contribution in [0.25, 0.3) is 0 Å². The maximum atomic E-state index is 12.2. The van der Waals surface area contributed by atoms with E-state index in [0.717, 1.165) is 24.8 Å². The van der Waals surface area contributed by atoms with E-state index < -0.39 is 5.97 Å². The molecular weight excluding hydrogens is 254 g/mol. The Bertz CT molecular complexity index is 549. The lowest BCUT2D eigenvalue weighted by Gasteiger charge is -2.18. The first-order valence-corrected chi connectivity index (χ1v) is 6.76. The third kappa shape index (κ3) is 3.26. The zero-order valence-electron chi connectivity index (χ0n) is 11.8. The van der Waals surface area contributed by atoms with Crippen LogP contribution in [0.4, 0.5) is 5.69 Å². The molecular formula is C16H19NO3. The van der Waals surface area contributed by atoms with Gasteiger partial charge < -0.3 is 10.1 Å². The highest BCUT2D eigenvalue weighted by Gasteiger charge is 2.19. The summed E-state index contributed by atoms with van der Waals surface area (Å²) in [6.07, 6.45) is 6.75. The molecule has 20 heavy (non-hydrogen) atoms. The molecule has 1 atom stereocenters. The Labute approximate surface area is 118 Å². The Morgan fingerprint density at radius 3 is 2.75 bits per heavy atom. The Morgan fingerprint density at radius 1 is 1.30 bits per heavy atom. The molecule has 0 heterocycles. The smallest absolute Gasteiger partial charge is 0.337 e. The van der Waals surface area contributed by atoms with E-state index in [2.05, 4.69) is 11.4 Å². The molecule has 0 radical (unpaired) electrons. The van der Waals surface area contributed by atoms with Crippen molar-refractivity contribution in [3.8, 4) is 0 Å². The van der Waals surface area contributed by atoms with E-state index in [0.29, 0.717) is 11.3 Å². The van der Waals surface area contributed by atoms with E-state index in [9.17, 15) is 9.59 Å². The van der Waals surface area contributed by atoms with Crippen molar-refractivity contribution in [3.63, 3.8) is 0 Å². The third-order valence-corrected chi connectivity index (χ3v) is 3.56. The summed E-state index contributed by atoms with van der Waals surface area (Å²) < 4.78 is 4.69. The minimum Gasteiger partial charge on any atom is -0.465 e. The minimum absolute atomic E-state index is 0.0134. The predicted octanol–water partition coefficient (Wildman–Crippen LogP) is 3.08. The SMILES string of the molecule is COC(=O)c1ccc(C)c(NC(=O)[C@H]2CC=CCC2)c1. The molecule has 1 amide bonds. The lowest BCUT2D eigenvalue weighted by molar-refractivity contribution is -0.120. The molecule has 0 saturated heterocycles. The zero-order valence-corrected chi connectivity index (χ0v) is 11.8. The lowest BCUT2D eigenvalue weighted by atomic mass is 9.93. The molecule has 1 aromatic rings. The molecule has 1 aromatic carbocycles. The van der Waals surface area contributed by atoms with Crippen LogP contribution >= 0.6 is 0 Å². The van der Waals surface area contributed by atoms with E-state index in [1.165, 1.54) is 7.11 Å². The van der Waals surface area contributed by atoms with E-state index >= 15 is 0 Å². The number of esters is 1. The highest BCUT2D eigenvalue weighted by Crippen LogP contribution is 2.22. The van der Waals surface area contributed by atoms with Gasteiger partial charge in [0.15, 0.2) is 0 Å². The van der Waals surface area contributed by atoms with Crippen molar-refractivity contribution < 1.29 is 14.3 Å². The second-order valence-electron chi connectivity index (χ2n) is 4.99. The van der Waals surface area contributed by atoms with Gasteiger partial charge in [0.05, 0.1) is 12.7 Å². The summed E-state index contributed by atoms with van der Waals surface area (Å²) in [5.74, 6) is -0.373. The monoisotopic (exact) mass is 273 g/mol. The Kier molecular flexibility index (Phi) is 4.56. The number of anilines is 1. The number of amides is 1. The summed E-state index contributed by atoms with van der Waals surface area (Å²) in [6, 6.07) is 5.17. The van der Waals surface area contributed by atoms with Crippen LogP contribution in [0.3, 0.4) is 0 Å². The van der Waals surface area contributed by atoms with Gasteiger partial charge in [0.2, 0.25) is 5.91 Å². The average Bonchev–Trinajstić information content (AvgIpc) is 2.49. The van der Waals surface area contributed by atoms with Crippen molar-refractivity contribution in [3.05, 3.63) is 41.5 Å². The van der Waals surface area contributed by atoms with Gasteiger partial charge in [0.1, 0.15) is 0 Å². The maximum Gasteiger partial charge on any atom is 0.337 e. The molecule has 2 rings (SSSR count). The van der Waals surface area contributed by atoms with Crippen molar-refractivity contribution in [1.29, 1.82) is 0 Å². The van der Waals surface area contributed by atoms with E-state index in [-0.39, 0.29) is 11.8 Å². The molecule has 0 aromatic heterocycles. The highest BCUT2D eigenvalue weighted by molar-refractivity contribution is 5.96. The summed E-state index contributed by atoms with van der Waals surface area (Å²) in [5.41, 5.74) is 2.04. The van der Waals surface area contributed by atoms with E-state index in [1.54, 1.807) is 12.1 Å². The van der Waals surface area contributed by atoms with Crippen LogP contribution in [-0.4, -0.2) is 19.0 Å². The fourth-order valence-corrected chi connectivity index (χ4v) is 2.27. The first kappa shape index (κ1) is 14.3. The van der Waals surface area contributed by atoms with Crippen LogP contribution in [-0.2, 0) is 9.53 Å². The topological polar surface area (TPSA) is 55.4 Å². The number of carbonyl (C=O) groups excluding carboxylic acids is 2. The molecule has 1 aliphatic carbocycles. The number of carbonyl (C=O) groups is 2. The second kappa shape index (κ2) is 6.37. The summed E-state index contributed by atoms with van der Waals surface area (Å²) >= 11 is 0. The summed E-state index contributed by atoms with van der Waals surface area (Å²) in [5, 5.41) is 2.92. The number of benzene rings is 1. The van der Waals surface area contributed by atoms with Crippen molar-refractivity contribution in [2.45, 2.75) is 26.2 Å². The number of hydrogen-bond acceptors (Lipinski definition) is 3. The van der Waals surface area contributed by atoms with Gasteiger partial charge >= 0.3 is 5.97 Å². The highest BCUT2D eigenvalue weighted by atomic mass is 16.5. The van der Waals surface area contributed by atoms with Crippen LogP contribution in [0.1, 0.15) is 35.2 Å². The predicted molar refractivity (Wildman–Crippen MR) is 77.6 cm³/mol. The Hall–Kier alpha value is -2.10. The zero-order chi connectivity index (χ0) is 14.5. The van der Waals surface area contributed by atoms with E-state index in [4.69, 9.17) is 4.74 Å². The molecule has 106 valence electrons. The van der Waals surface area contributed by atoms with Crippen LogP contribution in [0.2, 0.25) is 0 Å². The van der Waals surface area contributed by atoms with Gasteiger partial charge in [-0.2, -0.15) is 0 Å². The van der Waals surface area contributed by atoms with Gasteiger partial charge in [-0.25, -0.2) is 4.79 Å². The van der Waals surface area contributed by atoms with Crippen molar-refractivity contribution in [2.24, 2.45) is 5.92 Å². The quantitative estimate of drug-likeness (QED) is 0.680. The first-order valence-electron chi connectivity index (χ1n) is 6.76.